The quantitative estimate of drug-likeness (QED) is 0.320. The Bertz CT molecular complexity index is 814. The minimum Gasteiger partial charge on any atom is -1.00 e. The average Bonchev–Trinajstić information content (AvgIpc) is 3.16. The summed E-state index contributed by atoms with van der Waals surface area (Å²) in [6.45, 7) is 2.91. The molecule has 0 atom stereocenters. The van der Waals surface area contributed by atoms with Crippen molar-refractivity contribution in [2.75, 3.05) is 0 Å². The van der Waals surface area contributed by atoms with Gasteiger partial charge in [0.05, 0.1) is 0 Å². The monoisotopic (exact) mass is 542 g/mol. The molecule has 135 valence electrons. The Labute approximate surface area is 201 Å². The van der Waals surface area contributed by atoms with Gasteiger partial charge in [0.25, 0.3) is 0 Å². The fraction of sp³-hybridized carbons (Fsp3) is 0.133. The molecule has 0 N–H and O–H groups in total. The Hall–Kier alpha value is -0.869. The van der Waals surface area contributed by atoms with Gasteiger partial charge in [-0.15, -0.1) is 0 Å². The molecule has 0 aromatic carbocycles. The van der Waals surface area contributed by atoms with Crippen molar-refractivity contribution in [2.24, 2.45) is 0 Å². The Morgan fingerprint density at radius 1 is 0.808 bits per heavy atom. The molecule has 1 radical (unpaired) electrons. The van der Waals surface area contributed by atoms with Crippen molar-refractivity contribution in [3.8, 4) is 23.0 Å². The molecule has 0 bridgehead atoms. The van der Waals surface area contributed by atoms with Crippen molar-refractivity contribution in [1.82, 2.24) is 24.1 Å². The summed E-state index contributed by atoms with van der Waals surface area (Å²) in [5, 5.41) is 0. The van der Waals surface area contributed by atoms with E-state index in [-0.39, 0.29) is 89.9 Å². The molecule has 3 aromatic rings. The maximum atomic E-state index is 11.6. The fourth-order valence-electron chi connectivity index (χ4n) is 2.18. The summed E-state index contributed by atoms with van der Waals surface area (Å²) in [7, 11) is 0. The third kappa shape index (κ3) is 5.56. The molecule has 0 amide bonds. The largest absolute Gasteiger partial charge is 3.00 e. The van der Waals surface area contributed by atoms with E-state index in [0.717, 1.165) is 0 Å². The van der Waals surface area contributed by atoms with Crippen LogP contribution in [0.1, 0.15) is 23.4 Å². The minimum absolute atomic E-state index is 0. The Morgan fingerprint density at radius 2 is 1.19 bits per heavy atom. The van der Waals surface area contributed by atoms with Crippen LogP contribution in [0.3, 0.4) is 0 Å². The summed E-state index contributed by atoms with van der Waals surface area (Å²) in [4.78, 5) is 36.0. The first-order chi connectivity index (χ1) is 10.6. The number of carbonyl (C=O) groups excluding carboxylic acids is 2. The maximum Gasteiger partial charge on any atom is 3.00 e. The van der Waals surface area contributed by atoms with Gasteiger partial charge in [0.15, 0.2) is 11.6 Å². The number of hydrogen-bond donors (Lipinski definition) is 0. The normalized spacial score (nSPS) is 9.00. The zero-order chi connectivity index (χ0) is 15.7. The van der Waals surface area contributed by atoms with Gasteiger partial charge in [0.2, 0.25) is 11.8 Å². The zero-order valence-electron chi connectivity index (χ0n) is 13.7. The molecule has 0 unspecified atom stereocenters. The molecular weight excluding hydrogens is 533 g/mol. The molecule has 0 aliphatic heterocycles. The van der Waals surface area contributed by atoms with Crippen molar-refractivity contribution in [1.29, 1.82) is 0 Å². The predicted molar refractivity (Wildman–Crippen MR) is 79.3 cm³/mol. The fourth-order valence-corrected chi connectivity index (χ4v) is 2.18. The zero-order valence-corrected chi connectivity index (χ0v) is 19.2. The van der Waals surface area contributed by atoms with Crippen LogP contribution in [-0.4, -0.2) is 35.9 Å². The van der Waals surface area contributed by atoms with Gasteiger partial charge in [-0.05, 0) is 12.1 Å². The standard InChI is InChI=1S/C15H13N5O2.3ClH.Nd/c1-10(21)19-8-6-16-14(19)12-4-3-5-13(18-12)15-17-7-9-20(15)11(2)22;;;;/h3-9H,1-2H3;3*1H;/q;;;;+3/p-3. The SMILES string of the molecule is CC(=O)n1ccnc1-c1cccc(-c2nccn2C(C)=O)n1.[Cl-].[Cl-].[Cl-].[Nd+3]. The number of hydrogen-bond acceptors (Lipinski definition) is 5. The molecule has 3 rings (SSSR count). The maximum absolute atomic E-state index is 11.6. The summed E-state index contributed by atoms with van der Waals surface area (Å²) in [5.41, 5.74) is 1.08. The molecule has 0 saturated carbocycles. The van der Waals surface area contributed by atoms with Crippen LogP contribution in [0, 0.1) is 40.8 Å². The van der Waals surface area contributed by atoms with Crippen molar-refractivity contribution in [2.45, 2.75) is 13.8 Å². The smallest absolute Gasteiger partial charge is 1.00 e. The van der Waals surface area contributed by atoms with Crippen molar-refractivity contribution < 1.29 is 87.6 Å². The first-order valence-corrected chi connectivity index (χ1v) is 6.64. The van der Waals surface area contributed by atoms with Gasteiger partial charge in [-0.2, -0.15) is 0 Å². The van der Waals surface area contributed by atoms with Crippen LogP contribution in [0.2, 0.25) is 0 Å². The predicted octanol–water partition coefficient (Wildman–Crippen LogP) is -6.86. The van der Waals surface area contributed by atoms with E-state index in [1.54, 1.807) is 43.0 Å². The van der Waals surface area contributed by atoms with E-state index in [2.05, 4.69) is 15.0 Å². The van der Waals surface area contributed by atoms with E-state index in [9.17, 15) is 9.59 Å². The molecule has 0 fully saturated rings. The van der Waals surface area contributed by atoms with Crippen molar-refractivity contribution in [3.63, 3.8) is 0 Å². The van der Waals surface area contributed by atoms with Crippen LogP contribution in [0.5, 0.6) is 0 Å². The minimum atomic E-state index is -0.148. The van der Waals surface area contributed by atoms with E-state index in [0.29, 0.717) is 23.0 Å². The first kappa shape index (κ1) is 27.4. The summed E-state index contributed by atoms with van der Waals surface area (Å²) in [6.07, 6.45) is 6.26. The van der Waals surface area contributed by atoms with Crippen LogP contribution in [0.4, 0.5) is 0 Å². The van der Waals surface area contributed by atoms with Crippen molar-refractivity contribution >= 4 is 11.8 Å². The number of imidazole rings is 2. The number of carbonyl (C=O) groups is 2. The van der Waals surface area contributed by atoms with E-state index < -0.39 is 0 Å². The van der Waals surface area contributed by atoms with E-state index in [4.69, 9.17) is 0 Å². The Balaban J connectivity index is 0. The van der Waals surface area contributed by atoms with Crippen LogP contribution in [0.25, 0.3) is 23.0 Å². The molecule has 3 aromatic heterocycles. The van der Waals surface area contributed by atoms with Gasteiger partial charge in [-0.25, -0.2) is 15.0 Å². The summed E-state index contributed by atoms with van der Waals surface area (Å²) >= 11 is 0. The van der Waals surface area contributed by atoms with Gasteiger partial charge in [-0.3, -0.25) is 18.7 Å². The van der Waals surface area contributed by atoms with Crippen molar-refractivity contribution in [3.05, 3.63) is 43.0 Å². The summed E-state index contributed by atoms with van der Waals surface area (Å²) < 4.78 is 2.84. The second-order valence-corrected chi connectivity index (χ2v) is 4.69. The van der Waals surface area contributed by atoms with E-state index >= 15 is 0 Å². The number of rotatable bonds is 2. The van der Waals surface area contributed by atoms with E-state index in [1.807, 2.05) is 0 Å². The first-order valence-electron chi connectivity index (χ1n) is 6.64. The number of halogens is 3. The third-order valence-electron chi connectivity index (χ3n) is 3.17. The summed E-state index contributed by atoms with van der Waals surface area (Å²) in [5.74, 6) is 0.612. The molecule has 11 heteroatoms. The Morgan fingerprint density at radius 3 is 1.54 bits per heavy atom. The molecular formula is C15H13Cl3N5NdO2. The summed E-state index contributed by atoms with van der Waals surface area (Å²) in [6, 6.07) is 5.30. The van der Waals surface area contributed by atoms with Crippen LogP contribution >= 0.6 is 0 Å². The van der Waals surface area contributed by atoms with Gasteiger partial charge in [-0.1, -0.05) is 6.07 Å². The van der Waals surface area contributed by atoms with Crippen LogP contribution in [-0.2, 0) is 0 Å². The average molecular weight is 546 g/mol. The molecule has 0 spiro atoms. The molecule has 3 heterocycles. The topological polar surface area (TPSA) is 82.7 Å². The Kier molecular flexibility index (Phi) is 12.4. The van der Waals surface area contributed by atoms with Gasteiger partial charge in [0, 0.05) is 38.6 Å². The van der Waals surface area contributed by atoms with Gasteiger partial charge < -0.3 is 37.2 Å². The molecule has 0 aliphatic carbocycles. The number of pyridine rings is 1. The second kappa shape index (κ2) is 11.8. The molecule has 0 aliphatic rings. The van der Waals surface area contributed by atoms with Crippen LogP contribution < -0.4 is 37.2 Å². The molecule has 0 saturated heterocycles. The van der Waals surface area contributed by atoms with Gasteiger partial charge in [0.1, 0.15) is 11.4 Å². The van der Waals surface area contributed by atoms with E-state index in [1.165, 1.54) is 23.0 Å². The number of nitrogens with zero attached hydrogens (tertiary/aromatic N) is 5. The molecule has 26 heavy (non-hydrogen) atoms. The second-order valence-electron chi connectivity index (χ2n) is 4.69. The number of aromatic nitrogens is 5. The third-order valence-corrected chi connectivity index (χ3v) is 3.17. The molecule has 7 nitrogen and oxygen atoms in total. The van der Waals surface area contributed by atoms with Gasteiger partial charge >= 0.3 is 40.8 Å². The van der Waals surface area contributed by atoms with Crippen LogP contribution in [0.15, 0.2) is 43.0 Å².